The van der Waals surface area contributed by atoms with Crippen molar-refractivity contribution < 1.29 is 0 Å². The van der Waals surface area contributed by atoms with Crippen LogP contribution in [0, 0.1) is 6.92 Å². The van der Waals surface area contributed by atoms with Gasteiger partial charge in [0.25, 0.3) is 0 Å². The van der Waals surface area contributed by atoms with E-state index in [4.69, 9.17) is 11.6 Å². The van der Waals surface area contributed by atoms with Gasteiger partial charge in [0.2, 0.25) is 0 Å². The van der Waals surface area contributed by atoms with Gasteiger partial charge in [-0.3, -0.25) is 0 Å². The Morgan fingerprint density at radius 3 is 2.48 bits per heavy atom. The molecular formula is C18H23ClN2. The molecule has 0 saturated carbocycles. The Bertz CT molecular complexity index is 610. The smallest absolute Gasteiger partial charge is 0.0474 e. The summed E-state index contributed by atoms with van der Waals surface area (Å²) in [5, 5.41) is 4.20. The highest BCUT2D eigenvalue weighted by Gasteiger charge is 2.11. The third-order valence-electron chi connectivity index (χ3n) is 3.74. The SMILES string of the molecule is CCNC(C)c1ccc(N(C)c2cccc(C)c2)cc1Cl. The van der Waals surface area contributed by atoms with Crippen molar-refractivity contribution in [3.63, 3.8) is 0 Å². The second-order valence-corrected chi connectivity index (χ2v) is 5.79. The van der Waals surface area contributed by atoms with Gasteiger partial charge in [0.05, 0.1) is 0 Å². The van der Waals surface area contributed by atoms with Crippen LogP contribution in [0.4, 0.5) is 11.4 Å². The van der Waals surface area contributed by atoms with Crippen LogP contribution in [0.25, 0.3) is 0 Å². The van der Waals surface area contributed by atoms with E-state index in [0.717, 1.165) is 22.8 Å². The zero-order valence-electron chi connectivity index (χ0n) is 13.2. The predicted molar refractivity (Wildman–Crippen MR) is 92.8 cm³/mol. The zero-order chi connectivity index (χ0) is 15.4. The molecule has 0 fully saturated rings. The second kappa shape index (κ2) is 6.97. The van der Waals surface area contributed by atoms with Crippen molar-refractivity contribution in [1.29, 1.82) is 0 Å². The predicted octanol–water partition coefficient (Wildman–Crippen LogP) is 5.09. The van der Waals surface area contributed by atoms with Crippen molar-refractivity contribution in [2.75, 3.05) is 18.5 Å². The molecular weight excluding hydrogens is 280 g/mol. The third-order valence-corrected chi connectivity index (χ3v) is 4.06. The number of nitrogens with zero attached hydrogens (tertiary/aromatic N) is 1. The van der Waals surface area contributed by atoms with E-state index in [2.05, 4.69) is 74.4 Å². The monoisotopic (exact) mass is 302 g/mol. The Morgan fingerprint density at radius 2 is 1.86 bits per heavy atom. The van der Waals surface area contributed by atoms with E-state index in [1.165, 1.54) is 11.3 Å². The topological polar surface area (TPSA) is 15.3 Å². The summed E-state index contributed by atoms with van der Waals surface area (Å²) < 4.78 is 0. The van der Waals surface area contributed by atoms with Crippen LogP contribution in [0.2, 0.25) is 5.02 Å². The number of halogens is 1. The summed E-state index contributed by atoms with van der Waals surface area (Å²) in [4.78, 5) is 2.15. The van der Waals surface area contributed by atoms with Gasteiger partial charge < -0.3 is 10.2 Å². The molecule has 2 aromatic carbocycles. The molecule has 0 amide bonds. The molecule has 0 saturated heterocycles. The van der Waals surface area contributed by atoms with E-state index in [-0.39, 0.29) is 6.04 Å². The molecule has 0 aliphatic heterocycles. The fourth-order valence-corrected chi connectivity index (χ4v) is 2.82. The van der Waals surface area contributed by atoms with Gasteiger partial charge in [0, 0.05) is 29.5 Å². The number of nitrogens with one attached hydrogen (secondary N) is 1. The maximum Gasteiger partial charge on any atom is 0.0474 e. The largest absolute Gasteiger partial charge is 0.345 e. The van der Waals surface area contributed by atoms with Gasteiger partial charge in [-0.05, 0) is 55.8 Å². The Balaban J connectivity index is 2.27. The van der Waals surface area contributed by atoms with Crippen molar-refractivity contribution in [1.82, 2.24) is 5.32 Å². The summed E-state index contributed by atoms with van der Waals surface area (Å²) in [6.45, 7) is 7.27. The minimum Gasteiger partial charge on any atom is -0.345 e. The van der Waals surface area contributed by atoms with Crippen LogP contribution >= 0.6 is 11.6 Å². The molecule has 21 heavy (non-hydrogen) atoms. The average molecular weight is 303 g/mol. The summed E-state index contributed by atoms with van der Waals surface area (Å²) in [6, 6.07) is 15.0. The molecule has 0 radical (unpaired) electrons. The van der Waals surface area contributed by atoms with E-state index < -0.39 is 0 Å². The maximum atomic E-state index is 6.46. The lowest BCUT2D eigenvalue weighted by molar-refractivity contribution is 0.598. The lowest BCUT2D eigenvalue weighted by atomic mass is 10.1. The van der Waals surface area contributed by atoms with Crippen LogP contribution in [0.1, 0.15) is 31.0 Å². The number of anilines is 2. The molecule has 1 atom stereocenters. The van der Waals surface area contributed by atoms with Gasteiger partial charge in [-0.15, -0.1) is 0 Å². The first-order chi connectivity index (χ1) is 10.0. The van der Waals surface area contributed by atoms with Crippen LogP contribution < -0.4 is 10.2 Å². The Hall–Kier alpha value is -1.51. The Labute approximate surface area is 132 Å². The zero-order valence-corrected chi connectivity index (χ0v) is 13.9. The van der Waals surface area contributed by atoms with Gasteiger partial charge in [-0.1, -0.05) is 36.7 Å². The first-order valence-electron chi connectivity index (χ1n) is 7.36. The van der Waals surface area contributed by atoms with Crippen LogP contribution in [0.3, 0.4) is 0 Å². The first kappa shape index (κ1) is 15.9. The van der Waals surface area contributed by atoms with Crippen LogP contribution in [0.15, 0.2) is 42.5 Å². The Kier molecular flexibility index (Phi) is 5.27. The minimum atomic E-state index is 0.265. The molecule has 1 unspecified atom stereocenters. The van der Waals surface area contributed by atoms with E-state index in [0.29, 0.717) is 0 Å². The number of hydrogen-bond acceptors (Lipinski definition) is 2. The highest BCUT2D eigenvalue weighted by Crippen LogP contribution is 2.31. The van der Waals surface area contributed by atoms with Gasteiger partial charge in [-0.25, -0.2) is 0 Å². The van der Waals surface area contributed by atoms with E-state index in [1.807, 2.05) is 6.07 Å². The summed E-state index contributed by atoms with van der Waals surface area (Å²) in [6.07, 6.45) is 0. The number of aryl methyl sites for hydroxylation is 1. The lowest BCUT2D eigenvalue weighted by Gasteiger charge is -2.22. The quantitative estimate of drug-likeness (QED) is 0.828. The maximum absolute atomic E-state index is 6.46. The minimum absolute atomic E-state index is 0.265. The number of hydrogen-bond donors (Lipinski definition) is 1. The van der Waals surface area contributed by atoms with Crippen LogP contribution in [-0.4, -0.2) is 13.6 Å². The average Bonchev–Trinajstić information content (AvgIpc) is 2.46. The van der Waals surface area contributed by atoms with E-state index >= 15 is 0 Å². The Morgan fingerprint density at radius 1 is 1.14 bits per heavy atom. The van der Waals surface area contributed by atoms with Crippen molar-refractivity contribution in [3.05, 3.63) is 58.6 Å². The van der Waals surface area contributed by atoms with Gasteiger partial charge in [0.1, 0.15) is 0 Å². The normalized spacial score (nSPS) is 12.2. The lowest BCUT2D eigenvalue weighted by Crippen LogP contribution is -2.18. The molecule has 2 aromatic rings. The molecule has 2 rings (SSSR count). The highest BCUT2D eigenvalue weighted by atomic mass is 35.5. The van der Waals surface area contributed by atoms with Crippen molar-refractivity contribution >= 4 is 23.0 Å². The van der Waals surface area contributed by atoms with Crippen molar-refractivity contribution in [3.8, 4) is 0 Å². The number of rotatable bonds is 5. The van der Waals surface area contributed by atoms with Gasteiger partial charge in [0.15, 0.2) is 0 Å². The van der Waals surface area contributed by atoms with E-state index in [9.17, 15) is 0 Å². The molecule has 2 nitrogen and oxygen atoms in total. The molecule has 0 heterocycles. The summed E-state index contributed by atoms with van der Waals surface area (Å²) in [7, 11) is 2.06. The molecule has 1 N–H and O–H groups in total. The second-order valence-electron chi connectivity index (χ2n) is 5.38. The van der Waals surface area contributed by atoms with Crippen LogP contribution in [-0.2, 0) is 0 Å². The fourth-order valence-electron chi connectivity index (χ4n) is 2.48. The van der Waals surface area contributed by atoms with Gasteiger partial charge in [-0.2, -0.15) is 0 Å². The molecule has 112 valence electrons. The van der Waals surface area contributed by atoms with Crippen molar-refractivity contribution in [2.45, 2.75) is 26.8 Å². The molecule has 0 bridgehead atoms. The third kappa shape index (κ3) is 3.78. The highest BCUT2D eigenvalue weighted by molar-refractivity contribution is 6.31. The number of benzene rings is 2. The molecule has 0 aliphatic rings. The van der Waals surface area contributed by atoms with Crippen molar-refractivity contribution in [2.24, 2.45) is 0 Å². The van der Waals surface area contributed by atoms with E-state index in [1.54, 1.807) is 0 Å². The molecule has 3 heteroatoms. The summed E-state index contributed by atoms with van der Waals surface area (Å²) in [5.74, 6) is 0. The first-order valence-corrected chi connectivity index (χ1v) is 7.74. The summed E-state index contributed by atoms with van der Waals surface area (Å²) in [5.41, 5.74) is 4.65. The summed E-state index contributed by atoms with van der Waals surface area (Å²) >= 11 is 6.46. The fraction of sp³-hybridized carbons (Fsp3) is 0.333. The van der Waals surface area contributed by atoms with Gasteiger partial charge >= 0.3 is 0 Å². The molecule has 0 aliphatic carbocycles. The molecule has 0 aromatic heterocycles. The standard InChI is InChI=1S/C18H23ClN2/c1-5-20-14(3)17-10-9-16(12-18(17)19)21(4)15-8-6-7-13(2)11-15/h6-12,14,20H,5H2,1-4H3. The molecule has 0 spiro atoms. The van der Waals surface area contributed by atoms with Crippen LogP contribution in [0.5, 0.6) is 0 Å².